The summed E-state index contributed by atoms with van der Waals surface area (Å²) in [6, 6.07) is 0. The standard InChI is InChI=1S/C10H12N2O5S/c1-18(15,16)12-9-7(10(13)14)4-11-5-8(9)17-6-2-3-6/h4-6H,2-3H2,1H3,(H,11,12)(H,13,14). The molecule has 1 aliphatic carbocycles. The first kappa shape index (κ1) is 12.6. The molecule has 0 unspecified atom stereocenters. The smallest absolute Gasteiger partial charge is 0.339 e. The SMILES string of the molecule is CS(=O)(=O)Nc1c(OC2CC2)cncc1C(=O)O. The largest absolute Gasteiger partial charge is 0.487 e. The molecule has 98 valence electrons. The summed E-state index contributed by atoms with van der Waals surface area (Å²) in [7, 11) is -3.59. The topological polar surface area (TPSA) is 106 Å². The molecule has 0 bridgehead atoms. The fraction of sp³-hybridized carbons (Fsp3) is 0.400. The number of nitrogens with zero attached hydrogens (tertiary/aromatic N) is 1. The van der Waals surface area contributed by atoms with Gasteiger partial charge in [0.05, 0.1) is 18.6 Å². The molecule has 1 aliphatic rings. The van der Waals surface area contributed by atoms with Gasteiger partial charge in [-0.05, 0) is 12.8 Å². The molecule has 0 spiro atoms. The van der Waals surface area contributed by atoms with Gasteiger partial charge >= 0.3 is 5.97 Å². The second kappa shape index (κ2) is 4.45. The maximum Gasteiger partial charge on any atom is 0.339 e. The van der Waals surface area contributed by atoms with Crippen molar-refractivity contribution in [3.8, 4) is 5.75 Å². The van der Waals surface area contributed by atoms with Gasteiger partial charge < -0.3 is 9.84 Å². The molecule has 1 aromatic rings. The molecule has 1 heterocycles. The summed E-state index contributed by atoms with van der Waals surface area (Å²) in [5, 5.41) is 9.01. The average Bonchev–Trinajstić information content (AvgIpc) is 3.02. The van der Waals surface area contributed by atoms with Gasteiger partial charge in [-0.15, -0.1) is 0 Å². The second-order valence-corrected chi connectivity index (χ2v) is 5.81. The second-order valence-electron chi connectivity index (χ2n) is 4.06. The van der Waals surface area contributed by atoms with E-state index in [2.05, 4.69) is 9.71 Å². The van der Waals surface area contributed by atoms with E-state index in [1.54, 1.807) is 0 Å². The van der Waals surface area contributed by atoms with Gasteiger partial charge in [0.2, 0.25) is 10.0 Å². The molecule has 0 aliphatic heterocycles. The predicted molar refractivity (Wildman–Crippen MR) is 63.3 cm³/mol. The van der Waals surface area contributed by atoms with Crippen LogP contribution in [0, 0.1) is 0 Å². The van der Waals surface area contributed by atoms with Crippen LogP contribution in [0.1, 0.15) is 23.2 Å². The maximum atomic E-state index is 11.2. The minimum Gasteiger partial charge on any atom is -0.487 e. The van der Waals surface area contributed by atoms with E-state index in [0.29, 0.717) is 0 Å². The molecular weight excluding hydrogens is 260 g/mol. The van der Waals surface area contributed by atoms with Crippen LogP contribution in [-0.4, -0.2) is 36.8 Å². The third-order valence-corrected chi connectivity index (χ3v) is 2.82. The number of aromatic carboxylic acids is 1. The number of aromatic nitrogens is 1. The first-order valence-corrected chi connectivity index (χ1v) is 7.11. The number of carboxylic acids is 1. The van der Waals surface area contributed by atoms with Crippen LogP contribution in [0.5, 0.6) is 5.75 Å². The highest BCUT2D eigenvalue weighted by Crippen LogP contribution is 2.34. The Bertz CT molecular complexity index is 580. The maximum absolute atomic E-state index is 11.2. The van der Waals surface area contributed by atoms with Crippen LogP contribution < -0.4 is 9.46 Å². The molecule has 0 saturated heterocycles. The number of rotatable bonds is 5. The molecule has 18 heavy (non-hydrogen) atoms. The van der Waals surface area contributed by atoms with Crippen LogP contribution in [0.4, 0.5) is 5.69 Å². The van der Waals surface area contributed by atoms with Crippen molar-refractivity contribution in [3.05, 3.63) is 18.0 Å². The van der Waals surface area contributed by atoms with E-state index < -0.39 is 16.0 Å². The van der Waals surface area contributed by atoms with E-state index in [0.717, 1.165) is 25.3 Å². The molecule has 7 nitrogen and oxygen atoms in total. The van der Waals surface area contributed by atoms with E-state index in [-0.39, 0.29) is 23.1 Å². The number of ether oxygens (including phenoxy) is 1. The highest BCUT2D eigenvalue weighted by atomic mass is 32.2. The number of anilines is 1. The van der Waals surface area contributed by atoms with Gasteiger partial charge in [0.15, 0.2) is 5.75 Å². The third-order valence-electron chi connectivity index (χ3n) is 2.25. The van der Waals surface area contributed by atoms with Crippen molar-refractivity contribution in [2.24, 2.45) is 0 Å². The lowest BCUT2D eigenvalue weighted by Crippen LogP contribution is -2.15. The Morgan fingerprint density at radius 3 is 2.67 bits per heavy atom. The van der Waals surface area contributed by atoms with E-state index in [9.17, 15) is 13.2 Å². The van der Waals surface area contributed by atoms with E-state index in [1.807, 2.05) is 0 Å². The zero-order valence-corrected chi connectivity index (χ0v) is 10.4. The fourth-order valence-corrected chi connectivity index (χ4v) is 1.93. The van der Waals surface area contributed by atoms with Crippen molar-refractivity contribution in [3.63, 3.8) is 0 Å². The lowest BCUT2D eigenvalue weighted by Gasteiger charge is -2.13. The molecule has 1 fully saturated rings. The quantitative estimate of drug-likeness (QED) is 0.817. The Labute approximate surface area is 104 Å². The molecule has 1 saturated carbocycles. The molecule has 0 atom stereocenters. The molecule has 0 amide bonds. The van der Waals surface area contributed by atoms with Crippen LogP contribution in [0.2, 0.25) is 0 Å². The number of hydrogen-bond acceptors (Lipinski definition) is 5. The van der Waals surface area contributed by atoms with Gasteiger partial charge in [-0.1, -0.05) is 0 Å². The van der Waals surface area contributed by atoms with Crippen LogP contribution in [0.15, 0.2) is 12.4 Å². The van der Waals surface area contributed by atoms with Crippen molar-refractivity contribution in [2.45, 2.75) is 18.9 Å². The minimum absolute atomic E-state index is 0.0101. The molecule has 2 N–H and O–H groups in total. The van der Waals surface area contributed by atoms with Gasteiger partial charge in [-0.2, -0.15) is 0 Å². The molecule has 8 heteroatoms. The number of pyridine rings is 1. The Morgan fingerprint density at radius 2 is 2.17 bits per heavy atom. The summed E-state index contributed by atoms with van der Waals surface area (Å²) >= 11 is 0. The summed E-state index contributed by atoms with van der Waals surface area (Å²) in [6.45, 7) is 0. The van der Waals surface area contributed by atoms with Gasteiger partial charge in [-0.3, -0.25) is 9.71 Å². The lowest BCUT2D eigenvalue weighted by atomic mass is 10.2. The molecule has 0 radical (unpaired) electrons. The van der Waals surface area contributed by atoms with Gasteiger partial charge in [0.25, 0.3) is 0 Å². The summed E-state index contributed by atoms with van der Waals surface area (Å²) in [5.74, 6) is -1.13. The van der Waals surface area contributed by atoms with E-state index in [4.69, 9.17) is 9.84 Å². The predicted octanol–water partition coefficient (Wildman–Crippen LogP) is 0.692. The average molecular weight is 272 g/mol. The van der Waals surface area contributed by atoms with Gasteiger partial charge in [-0.25, -0.2) is 13.2 Å². The highest BCUT2D eigenvalue weighted by Gasteiger charge is 2.27. The third kappa shape index (κ3) is 3.10. The highest BCUT2D eigenvalue weighted by molar-refractivity contribution is 7.92. The van der Waals surface area contributed by atoms with Crippen molar-refractivity contribution >= 4 is 21.7 Å². The number of hydrogen-bond donors (Lipinski definition) is 2. The zero-order valence-electron chi connectivity index (χ0n) is 9.58. The Hall–Kier alpha value is -1.83. The van der Waals surface area contributed by atoms with E-state index in [1.165, 1.54) is 6.20 Å². The minimum atomic E-state index is -3.59. The summed E-state index contributed by atoms with van der Waals surface area (Å²) in [4.78, 5) is 14.8. The zero-order chi connectivity index (χ0) is 13.3. The summed E-state index contributed by atoms with van der Waals surface area (Å²) in [5.41, 5.74) is -0.314. The van der Waals surface area contributed by atoms with Crippen molar-refractivity contribution < 1.29 is 23.1 Å². The van der Waals surface area contributed by atoms with Crippen LogP contribution in [0.25, 0.3) is 0 Å². The lowest BCUT2D eigenvalue weighted by molar-refractivity contribution is 0.0697. The van der Waals surface area contributed by atoms with Crippen molar-refractivity contribution in [2.75, 3.05) is 11.0 Å². The number of carbonyl (C=O) groups is 1. The van der Waals surface area contributed by atoms with Gasteiger partial charge in [0.1, 0.15) is 11.3 Å². The fourth-order valence-electron chi connectivity index (χ4n) is 1.35. The Morgan fingerprint density at radius 1 is 1.50 bits per heavy atom. The molecule has 0 aromatic carbocycles. The van der Waals surface area contributed by atoms with Gasteiger partial charge in [0, 0.05) is 6.20 Å². The van der Waals surface area contributed by atoms with Crippen molar-refractivity contribution in [1.29, 1.82) is 0 Å². The normalized spacial score (nSPS) is 15.2. The first-order valence-electron chi connectivity index (χ1n) is 5.22. The number of sulfonamides is 1. The number of nitrogens with one attached hydrogen (secondary N) is 1. The van der Waals surface area contributed by atoms with E-state index >= 15 is 0 Å². The number of carboxylic acid groups (broad SMARTS) is 1. The van der Waals surface area contributed by atoms with Crippen molar-refractivity contribution in [1.82, 2.24) is 4.98 Å². The monoisotopic (exact) mass is 272 g/mol. The summed E-state index contributed by atoms with van der Waals surface area (Å²) < 4.78 is 30.1. The molecule has 2 rings (SSSR count). The van der Waals surface area contributed by atoms with Crippen LogP contribution >= 0.6 is 0 Å². The molecular formula is C10H12N2O5S. The Balaban J connectivity index is 2.43. The summed E-state index contributed by atoms with van der Waals surface area (Å²) in [6.07, 6.45) is 5.08. The first-order chi connectivity index (χ1) is 8.37. The Kier molecular flexibility index (Phi) is 3.12. The van der Waals surface area contributed by atoms with Crippen LogP contribution in [-0.2, 0) is 10.0 Å². The van der Waals surface area contributed by atoms with Crippen LogP contribution in [0.3, 0.4) is 0 Å². The molecule has 1 aromatic heterocycles.